The van der Waals surface area contributed by atoms with Crippen molar-refractivity contribution in [3.05, 3.63) is 66.0 Å². The first-order chi connectivity index (χ1) is 11.6. The van der Waals surface area contributed by atoms with E-state index in [2.05, 4.69) is 15.4 Å². The van der Waals surface area contributed by atoms with Crippen molar-refractivity contribution in [2.75, 3.05) is 11.1 Å². The van der Waals surface area contributed by atoms with Crippen LogP contribution in [0.1, 0.15) is 11.1 Å². The van der Waals surface area contributed by atoms with E-state index in [4.69, 9.17) is 0 Å². The molecule has 0 aliphatic carbocycles. The lowest BCUT2D eigenvalue weighted by Gasteiger charge is -2.10. The summed E-state index contributed by atoms with van der Waals surface area (Å²) in [6.07, 6.45) is 1.65. The van der Waals surface area contributed by atoms with Gasteiger partial charge in [0.2, 0.25) is 11.1 Å². The minimum Gasteiger partial charge on any atom is -0.325 e. The highest BCUT2D eigenvalue weighted by atomic mass is 32.2. The normalized spacial score (nSPS) is 10.6. The number of thioether (sulfide) groups is 1. The zero-order valence-electron chi connectivity index (χ0n) is 13.6. The third-order valence-electron chi connectivity index (χ3n) is 3.57. The second-order valence-corrected chi connectivity index (χ2v) is 6.35. The molecule has 0 bridgehead atoms. The van der Waals surface area contributed by atoms with E-state index in [0.29, 0.717) is 5.16 Å². The number of hydrogen-bond donors (Lipinski definition) is 1. The first-order valence-electron chi connectivity index (χ1n) is 7.59. The highest BCUT2D eigenvalue weighted by molar-refractivity contribution is 7.99. The molecule has 1 heterocycles. The summed E-state index contributed by atoms with van der Waals surface area (Å²) in [6.45, 7) is 3.97. The quantitative estimate of drug-likeness (QED) is 0.722. The van der Waals surface area contributed by atoms with Crippen LogP contribution in [0.3, 0.4) is 0 Å². The molecule has 24 heavy (non-hydrogen) atoms. The van der Waals surface area contributed by atoms with Crippen LogP contribution in [0.4, 0.5) is 5.69 Å². The number of carbonyl (C=O) groups is 1. The molecule has 6 heteroatoms. The molecule has 3 rings (SSSR count). The average molecular weight is 338 g/mol. The van der Waals surface area contributed by atoms with Gasteiger partial charge in [-0.1, -0.05) is 48.2 Å². The van der Waals surface area contributed by atoms with E-state index in [0.717, 1.165) is 22.5 Å². The summed E-state index contributed by atoms with van der Waals surface area (Å²) in [6, 6.07) is 15.7. The van der Waals surface area contributed by atoms with Gasteiger partial charge in [-0.25, -0.2) is 9.67 Å². The Balaban J connectivity index is 1.60. The summed E-state index contributed by atoms with van der Waals surface area (Å²) < 4.78 is 1.70. The largest absolute Gasteiger partial charge is 0.325 e. The summed E-state index contributed by atoms with van der Waals surface area (Å²) in [5.74, 6) is 0.209. The molecule has 2 aromatic carbocycles. The molecule has 0 spiro atoms. The van der Waals surface area contributed by atoms with E-state index < -0.39 is 0 Å². The van der Waals surface area contributed by atoms with Crippen LogP contribution in [0.15, 0.2) is 60.0 Å². The molecule has 122 valence electrons. The third kappa shape index (κ3) is 3.83. The lowest BCUT2D eigenvalue weighted by molar-refractivity contribution is -0.113. The molecule has 0 aliphatic rings. The van der Waals surface area contributed by atoms with Gasteiger partial charge >= 0.3 is 0 Å². The van der Waals surface area contributed by atoms with Crippen LogP contribution in [-0.2, 0) is 4.79 Å². The molecule has 0 saturated carbocycles. The molecule has 0 atom stereocenters. The van der Waals surface area contributed by atoms with Gasteiger partial charge in [-0.2, -0.15) is 0 Å². The van der Waals surface area contributed by atoms with Crippen molar-refractivity contribution in [2.24, 2.45) is 0 Å². The van der Waals surface area contributed by atoms with Crippen LogP contribution < -0.4 is 5.32 Å². The van der Waals surface area contributed by atoms with E-state index in [9.17, 15) is 4.79 Å². The van der Waals surface area contributed by atoms with Gasteiger partial charge < -0.3 is 5.32 Å². The lowest BCUT2D eigenvalue weighted by atomic mass is 10.1. The molecular formula is C18H18N4OS. The maximum absolute atomic E-state index is 12.2. The first-order valence-corrected chi connectivity index (χ1v) is 8.58. The number of nitrogens with one attached hydrogen (secondary N) is 1. The molecule has 5 nitrogen and oxygen atoms in total. The zero-order chi connectivity index (χ0) is 16.9. The van der Waals surface area contributed by atoms with Crippen molar-refractivity contribution >= 4 is 23.4 Å². The lowest BCUT2D eigenvalue weighted by Crippen LogP contribution is -2.15. The van der Waals surface area contributed by atoms with Crippen molar-refractivity contribution in [3.8, 4) is 5.69 Å². The minimum atomic E-state index is -0.0616. The second kappa shape index (κ2) is 7.31. The monoisotopic (exact) mass is 338 g/mol. The minimum absolute atomic E-state index is 0.0616. The fourth-order valence-corrected chi connectivity index (χ4v) is 2.94. The van der Waals surface area contributed by atoms with Crippen LogP contribution >= 0.6 is 11.8 Å². The number of carbonyl (C=O) groups excluding carboxylic acids is 1. The Hall–Kier alpha value is -2.60. The van der Waals surface area contributed by atoms with Crippen LogP contribution in [-0.4, -0.2) is 26.4 Å². The molecule has 0 saturated heterocycles. The zero-order valence-corrected chi connectivity index (χ0v) is 14.4. The van der Waals surface area contributed by atoms with Gasteiger partial charge in [0.1, 0.15) is 6.33 Å². The number of amides is 1. The van der Waals surface area contributed by atoms with Crippen molar-refractivity contribution in [2.45, 2.75) is 19.0 Å². The predicted octanol–water partition coefficient (Wildman–Crippen LogP) is 3.61. The molecule has 0 unspecified atom stereocenters. The first kappa shape index (κ1) is 16.3. The van der Waals surface area contributed by atoms with Crippen molar-refractivity contribution < 1.29 is 4.79 Å². The van der Waals surface area contributed by atoms with Gasteiger partial charge in [0.25, 0.3) is 0 Å². The SMILES string of the molecule is Cc1cccc(C)c1NC(=O)CSc1ncn(-c2ccccc2)n1. The third-order valence-corrected chi connectivity index (χ3v) is 4.42. The molecular weight excluding hydrogens is 320 g/mol. The average Bonchev–Trinajstić information content (AvgIpc) is 3.06. The summed E-state index contributed by atoms with van der Waals surface area (Å²) in [4.78, 5) is 16.4. The summed E-state index contributed by atoms with van der Waals surface area (Å²) >= 11 is 1.32. The highest BCUT2D eigenvalue weighted by Crippen LogP contribution is 2.20. The van der Waals surface area contributed by atoms with E-state index in [1.165, 1.54) is 11.8 Å². The topological polar surface area (TPSA) is 59.8 Å². The number of nitrogens with zero attached hydrogens (tertiary/aromatic N) is 3. The molecule has 3 aromatic rings. The second-order valence-electron chi connectivity index (χ2n) is 5.41. The number of aryl methyl sites for hydroxylation is 2. The van der Waals surface area contributed by atoms with Crippen LogP contribution in [0.2, 0.25) is 0 Å². The van der Waals surface area contributed by atoms with Crippen molar-refractivity contribution in [1.82, 2.24) is 14.8 Å². The molecule has 0 radical (unpaired) electrons. The van der Waals surface area contributed by atoms with Crippen LogP contribution in [0.25, 0.3) is 5.69 Å². The van der Waals surface area contributed by atoms with E-state index in [1.807, 2.05) is 62.4 Å². The molecule has 1 amide bonds. The summed E-state index contributed by atoms with van der Waals surface area (Å²) in [5, 5.41) is 7.93. The smallest absolute Gasteiger partial charge is 0.234 e. The van der Waals surface area contributed by atoms with Crippen LogP contribution in [0.5, 0.6) is 0 Å². The van der Waals surface area contributed by atoms with Gasteiger partial charge in [-0.15, -0.1) is 5.10 Å². The number of hydrogen-bond acceptors (Lipinski definition) is 4. The van der Waals surface area contributed by atoms with Gasteiger partial charge in [-0.3, -0.25) is 4.79 Å². The number of anilines is 1. The number of para-hydroxylation sites is 2. The highest BCUT2D eigenvalue weighted by Gasteiger charge is 2.10. The maximum atomic E-state index is 12.2. The predicted molar refractivity (Wildman–Crippen MR) is 96.6 cm³/mol. The molecule has 0 fully saturated rings. The van der Waals surface area contributed by atoms with Crippen LogP contribution in [0, 0.1) is 13.8 Å². The molecule has 1 aromatic heterocycles. The number of aromatic nitrogens is 3. The maximum Gasteiger partial charge on any atom is 0.234 e. The Labute approximate surface area is 145 Å². The Kier molecular flexibility index (Phi) is 4.96. The summed E-state index contributed by atoms with van der Waals surface area (Å²) in [7, 11) is 0. The van der Waals surface area contributed by atoms with Gasteiger partial charge in [0.05, 0.1) is 11.4 Å². The van der Waals surface area contributed by atoms with Gasteiger partial charge in [-0.05, 0) is 37.1 Å². The van der Waals surface area contributed by atoms with Gasteiger partial charge in [0, 0.05) is 5.69 Å². The Morgan fingerprint density at radius 1 is 1.08 bits per heavy atom. The molecule has 1 N–H and O–H groups in total. The fourth-order valence-electron chi connectivity index (χ4n) is 2.34. The molecule has 0 aliphatic heterocycles. The van der Waals surface area contributed by atoms with E-state index in [-0.39, 0.29) is 11.7 Å². The van der Waals surface area contributed by atoms with Gasteiger partial charge in [0.15, 0.2) is 0 Å². The Morgan fingerprint density at radius 3 is 2.50 bits per heavy atom. The van der Waals surface area contributed by atoms with Crippen molar-refractivity contribution in [3.63, 3.8) is 0 Å². The fraction of sp³-hybridized carbons (Fsp3) is 0.167. The van der Waals surface area contributed by atoms with E-state index in [1.54, 1.807) is 11.0 Å². The standard InChI is InChI=1S/C18H18N4OS/c1-13-7-6-8-14(2)17(13)20-16(23)11-24-18-19-12-22(21-18)15-9-4-3-5-10-15/h3-10,12H,11H2,1-2H3,(H,20,23). The Bertz CT molecular complexity index is 825. The number of rotatable bonds is 5. The van der Waals surface area contributed by atoms with E-state index >= 15 is 0 Å². The number of benzene rings is 2. The Morgan fingerprint density at radius 2 is 1.79 bits per heavy atom. The van der Waals surface area contributed by atoms with Crippen molar-refractivity contribution in [1.29, 1.82) is 0 Å². The summed E-state index contributed by atoms with van der Waals surface area (Å²) in [5.41, 5.74) is 3.93.